The van der Waals surface area contributed by atoms with E-state index in [1.54, 1.807) is 12.1 Å². The number of nitrogen functional groups attached to an aromatic ring is 2. The lowest BCUT2D eigenvalue weighted by Crippen LogP contribution is -2.08. The first-order valence-corrected chi connectivity index (χ1v) is 4.37. The fraction of sp³-hybridized carbons (Fsp3) is 0.300. The van der Waals surface area contributed by atoms with Gasteiger partial charge >= 0.3 is 5.97 Å². The van der Waals surface area contributed by atoms with Gasteiger partial charge in [0, 0.05) is 0 Å². The van der Waals surface area contributed by atoms with Gasteiger partial charge in [-0.2, -0.15) is 0 Å². The molecule has 1 aromatic rings. The smallest absolute Gasteiger partial charge is 0.310 e. The number of hydrogen-bond acceptors (Lipinski definition) is 5. The SMILES string of the molecule is COC(=O)Cc1ccc(OC)c(N)c1N. The van der Waals surface area contributed by atoms with Crippen LogP contribution in [0.2, 0.25) is 0 Å². The number of hydrogen-bond donors (Lipinski definition) is 2. The average Bonchev–Trinajstić information content (AvgIpc) is 2.25. The Labute approximate surface area is 88.0 Å². The number of esters is 1. The van der Waals surface area contributed by atoms with Crippen LogP contribution < -0.4 is 16.2 Å². The van der Waals surface area contributed by atoms with Gasteiger partial charge in [-0.05, 0) is 11.6 Å². The summed E-state index contributed by atoms with van der Waals surface area (Å²) in [5.41, 5.74) is 12.8. The van der Waals surface area contributed by atoms with Crippen LogP contribution in [-0.4, -0.2) is 20.2 Å². The molecule has 0 bridgehead atoms. The highest BCUT2D eigenvalue weighted by Crippen LogP contribution is 2.30. The molecule has 0 aliphatic rings. The highest BCUT2D eigenvalue weighted by Gasteiger charge is 2.11. The van der Waals surface area contributed by atoms with Crippen molar-refractivity contribution in [2.24, 2.45) is 0 Å². The number of methoxy groups -OCH3 is 2. The largest absolute Gasteiger partial charge is 0.495 e. The summed E-state index contributed by atoms with van der Waals surface area (Å²) in [4.78, 5) is 11.0. The van der Waals surface area contributed by atoms with Gasteiger partial charge in [-0.25, -0.2) is 0 Å². The third-order valence-corrected chi connectivity index (χ3v) is 2.12. The van der Waals surface area contributed by atoms with E-state index in [1.165, 1.54) is 14.2 Å². The minimum Gasteiger partial charge on any atom is -0.495 e. The molecule has 1 rings (SSSR count). The molecule has 0 amide bonds. The number of carbonyl (C=O) groups excluding carboxylic acids is 1. The Hall–Kier alpha value is -1.91. The molecule has 0 unspecified atom stereocenters. The van der Waals surface area contributed by atoms with E-state index in [4.69, 9.17) is 16.2 Å². The quantitative estimate of drug-likeness (QED) is 0.562. The third-order valence-electron chi connectivity index (χ3n) is 2.12. The Balaban J connectivity index is 3.01. The summed E-state index contributed by atoms with van der Waals surface area (Å²) >= 11 is 0. The predicted molar refractivity (Wildman–Crippen MR) is 57.5 cm³/mol. The molecule has 0 aliphatic heterocycles. The Kier molecular flexibility index (Phi) is 3.38. The maximum atomic E-state index is 11.0. The summed E-state index contributed by atoms with van der Waals surface area (Å²) < 4.78 is 9.53. The van der Waals surface area contributed by atoms with Crippen molar-refractivity contribution in [3.63, 3.8) is 0 Å². The Morgan fingerprint density at radius 3 is 2.47 bits per heavy atom. The maximum Gasteiger partial charge on any atom is 0.310 e. The van der Waals surface area contributed by atoms with Crippen LogP contribution in [0.25, 0.3) is 0 Å². The molecule has 0 saturated carbocycles. The second-order valence-corrected chi connectivity index (χ2v) is 3.01. The molecule has 15 heavy (non-hydrogen) atoms. The van der Waals surface area contributed by atoms with E-state index >= 15 is 0 Å². The van der Waals surface area contributed by atoms with Gasteiger partial charge in [0.2, 0.25) is 0 Å². The number of carbonyl (C=O) groups is 1. The van der Waals surface area contributed by atoms with E-state index in [9.17, 15) is 4.79 Å². The van der Waals surface area contributed by atoms with Crippen LogP contribution in [0.3, 0.4) is 0 Å². The normalized spacial score (nSPS) is 9.73. The number of nitrogens with two attached hydrogens (primary N) is 2. The van der Waals surface area contributed by atoms with Gasteiger partial charge in [0.05, 0.1) is 32.0 Å². The fourth-order valence-corrected chi connectivity index (χ4v) is 1.22. The highest BCUT2D eigenvalue weighted by atomic mass is 16.5. The average molecular weight is 210 g/mol. The summed E-state index contributed by atoms with van der Waals surface area (Å²) in [6, 6.07) is 3.37. The zero-order chi connectivity index (χ0) is 11.4. The van der Waals surface area contributed by atoms with Gasteiger partial charge in [0.25, 0.3) is 0 Å². The molecule has 0 saturated heterocycles. The second-order valence-electron chi connectivity index (χ2n) is 3.01. The Bertz CT molecular complexity index is 377. The number of ether oxygens (including phenoxy) is 2. The monoisotopic (exact) mass is 210 g/mol. The summed E-state index contributed by atoms with van der Waals surface area (Å²) in [5, 5.41) is 0. The lowest BCUT2D eigenvalue weighted by Gasteiger charge is -2.10. The molecule has 4 N–H and O–H groups in total. The molecule has 0 spiro atoms. The van der Waals surface area contributed by atoms with Crippen LogP contribution in [0.4, 0.5) is 11.4 Å². The summed E-state index contributed by atoms with van der Waals surface area (Å²) in [7, 11) is 2.83. The van der Waals surface area contributed by atoms with Crippen LogP contribution in [-0.2, 0) is 16.0 Å². The lowest BCUT2D eigenvalue weighted by atomic mass is 10.1. The molecule has 1 aromatic carbocycles. The van der Waals surface area contributed by atoms with Crippen LogP contribution in [0.1, 0.15) is 5.56 Å². The van der Waals surface area contributed by atoms with Crippen LogP contribution in [0.15, 0.2) is 12.1 Å². The van der Waals surface area contributed by atoms with Gasteiger partial charge in [-0.3, -0.25) is 4.79 Å². The fourth-order valence-electron chi connectivity index (χ4n) is 1.22. The number of rotatable bonds is 3. The van der Waals surface area contributed by atoms with E-state index in [-0.39, 0.29) is 12.4 Å². The molecule has 0 fully saturated rings. The van der Waals surface area contributed by atoms with Gasteiger partial charge in [0.15, 0.2) is 0 Å². The molecule has 0 aliphatic carbocycles. The van der Waals surface area contributed by atoms with Crippen LogP contribution in [0.5, 0.6) is 5.75 Å². The van der Waals surface area contributed by atoms with Gasteiger partial charge in [-0.15, -0.1) is 0 Å². The standard InChI is InChI=1S/C10H14N2O3/c1-14-7-4-3-6(5-8(13)15-2)9(11)10(7)12/h3-4H,5,11-12H2,1-2H3. The zero-order valence-corrected chi connectivity index (χ0v) is 8.74. The van der Waals surface area contributed by atoms with Crippen LogP contribution >= 0.6 is 0 Å². The Morgan fingerprint density at radius 1 is 1.27 bits per heavy atom. The first-order valence-electron chi connectivity index (χ1n) is 4.37. The van der Waals surface area contributed by atoms with Crippen molar-refractivity contribution in [1.29, 1.82) is 0 Å². The van der Waals surface area contributed by atoms with Crippen molar-refractivity contribution < 1.29 is 14.3 Å². The topological polar surface area (TPSA) is 87.6 Å². The molecular weight excluding hydrogens is 196 g/mol. The molecule has 0 aromatic heterocycles. The first kappa shape index (κ1) is 11.2. The third kappa shape index (κ3) is 2.31. The van der Waals surface area contributed by atoms with Gasteiger partial charge in [0.1, 0.15) is 5.75 Å². The van der Waals surface area contributed by atoms with E-state index in [1.807, 2.05) is 0 Å². The first-order chi connectivity index (χ1) is 7.10. The lowest BCUT2D eigenvalue weighted by molar-refractivity contribution is -0.139. The molecule has 0 atom stereocenters. The summed E-state index contributed by atoms with van der Waals surface area (Å²) in [5.74, 6) is 0.146. The van der Waals surface area contributed by atoms with Gasteiger partial charge in [-0.1, -0.05) is 6.07 Å². The van der Waals surface area contributed by atoms with Crippen molar-refractivity contribution in [3.05, 3.63) is 17.7 Å². The number of anilines is 2. The zero-order valence-electron chi connectivity index (χ0n) is 8.74. The minimum absolute atomic E-state index is 0.108. The van der Waals surface area contributed by atoms with Crippen LogP contribution in [0, 0.1) is 0 Å². The molecule has 82 valence electrons. The van der Waals surface area contributed by atoms with E-state index in [0.29, 0.717) is 22.7 Å². The second kappa shape index (κ2) is 4.54. The molecule has 0 heterocycles. The minimum atomic E-state index is -0.355. The van der Waals surface area contributed by atoms with Crippen molar-refractivity contribution >= 4 is 17.3 Å². The molecule has 5 nitrogen and oxygen atoms in total. The number of benzene rings is 1. The van der Waals surface area contributed by atoms with E-state index in [0.717, 1.165) is 0 Å². The van der Waals surface area contributed by atoms with Crippen molar-refractivity contribution in [3.8, 4) is 5.75 Å². The maximum absolute atomic E-state index is 11.0. The van der Waals surface area contributed by atoms with E-state index in [2.05, 4.69) is 4.74 Å². The summed E-state index contributed by atoms with van der Waals surface area (Å²) in [6.07, 6.45) is 0.108. The predicted octanol–water partition coefficient (Wildman–Crippen LogP) is 0.575. The van der Waals surface area contributed by atoms with Crippen molar-refractivity contribution in [2.75, 3.05) is 25.7 Å². The molecule has 5 heteroatoms. The molecular formula is C10H14N2O3. The van der Waals surface area contributed by atoms with Crippen molar-refractivity contribution in [1.82, 2.24) is 0 Å². The summed E-state index contributed by atoms with van der Waals surface area (Å²) in [6.45, 7) is 0. The van der Waals surface area contributed by atoms with Crippen molar-refractivity contribution in [2.45, 2.75) is 6.42 Å². The molecule has 0 radical (unpaired) electrons. The van der Waals surface area contributed by atoms with E-state index < -0.39 is 0 Å². The van der Waals surface area contributed by atoms with Gasteiger partial charge < -0.3 is 20.9 Å². The highest BCUT2D eigenvalue weighted by molar-refractivity contribution is 5.80. The Morgan fingerprint density at radius 2 is 1.93 bits per heavy atom.